The van der Waals surface area contributed by atoms with E-state index in [4.69, 9.17) is 0 Å². The molecule has 1 atom stereocenters. The largest absolute Gasteiger partial charge is 0.349 e. The first-order chi connectivity index (χ1) is 7.77. The van der Waals surface area contributed by atoms with Crippen molar-refractivity contribution in [2.45, 2.75) is 32.2 Å². The molecule has 1 rings (SSSR count). The predicted octanol–water partition coefficient (Wildman–Crippen LogP) is 2.94. The van der Waals surface area contributed by atoms with Crippen molar-refractivity contribution in [2.75, 3.05) is 6.67 Å². The van der Waals surface area contributed by atoms with Gasteiger partial charge in [-0.25, -0.2) is 0 Å². The second-order valence-corrected chi connectivity index (χ2v) is 3.80. The van der Waals surface area contributed by atoms with Gasteiger partial charge in [0.25, 0.3) is 5.91 Å². The minimum atomic E-state index is -0.389. The molecule has 1 N–H and O–H groups in total. The first-order valence-electron chi connectivity index (χ1n) is 5.69. The molecule has 0 aromatic heterocycles. The predicted molar refractivity (Wildman–Crippen MR) is 63.2 cm³/mol. The van der Waals surface area contributed by atoms with Gasteiger partial charge in [-0.2, -0.15) is 0 Å². The van der Waals surface area contributed by atoms with Crippen LogP contribution in [0.5, 0.6) is 0 Å². The topological polar surface area (TPSA) is 29.1 Å². The molecule has 0 aliphatic carbocycles. The lowest BCUT2D eigenvalue weighted by atomic mass is 10.1. The van der Waals surface area contributed by atoms with Crippen LogP contribution in [-0.2, 0) is 0 Å². The zero-order valence-corrected chi connectivity index (χ0v) is 9.58. The van der Waals surface area contributed by atoms with Gasteiger partial charge >= 0.3 is 0 Å². The Hall–Kier alpha value is -1.38. The van der Waals surface area contributed by atoms with E-state index in [0.717, 1.165) is 12.8 Å². The Morgan fingerprint density at radius 2 is 2.00 bits per heavy atom. The van der Waals surface area contributed by atoms with Crippen molar-refractivity contribution in [1.29, 1.82) is 0 Å². The molecule has 0 radical (unpaired) electrons. The van der Waals surface area contributed by atoms with Gasteiger partial charge in [0, 0.05) is 11.6 Å². The maximum atomic E-state index is 12.3. The van der Waals surface area contributed by atoms with E-state index in [9.17, 15) is 9.18 Å². The highest BCUT2D eigenvalue weighted by Gasteiger charge is 2.12. The van der Waals surface area contributed by atoms with Crippen molar-refractivity contribution in [3.05, 3.63) is 35.9 Å². The molecule has 1 aromatic carbocycles. The fourth-order valence-electron chi connectivity index (χ4n) is 1.63. The molecule has 0 heterocycles. The Kier molecular flexibility index (Phi) is 5.54. The fourth-order valence-corrected chi connectivity index (χ4v) is 1.63. The number of halogens is 1. The Morgan fingerprint density at radius 3 is 2.56 bits per heavy atom. The minimum absolute atomic E-state index is 0.0530. The summed E-state index contributed by atoms with van der Waals surface area (Å²) in [7, 11) is 0. The maximum absolute atomic E-state index is 12.3. The zero-order valence-electron chi connectivity index (χ0n) is 9.58. The summed E-state index contributed by atoms with van der Waals surface area (Å²) in [5.41, 5.74) is 0.627. The van der Waals surface area contributed by atoms with Crippen molar-refractivity contribution in [3.63, 3.8) is 0 Å². The molecule has 0 saturated carbocycles. The Bertz CT molecular complexity index is 307. The maximum Gasteiger partial charge on any atom is 0.251 e. The molecule has 0 bridgehead atoms. The van der Waals surface area contributed by atoms with Crippen LogP contribution in [-0.4, -0.2) is 18.6 Å². The smallest absolute Gasteiger partial charge is 0.251 e. The monoisotopic (exact) mass is 223 g/mol. The van der Waals surface area contributed by atoms with E-state index in [2.05, 4.69) is 5.32 Å². The normalized spacial score (nSPS) is 12.1. The van der Waals surface area contributed by atoms with Crippen LogP contribution in [0.4, 0.5) is 4.39 Å². The Labute approximate surface area is 95.9 Å². The summed E-state index contributed by atoms with van der Waals surface area (Å²) in [4.78, 5) is 11.8. The van der Waals surface area contributed by atoms with E-state index in [-0.39, 0.29) is 18.6 Å². The van der Waals surface area contributed by atoms with Gasteiger partial charge < -0.3 is 5.32 Å². The summed E-state index contributed by atoms with van der Waals surface area (Å²) < 4.78 is 12.3. The average Bonchev–Trinajstić information content (AvgIpc) is 2.31. The Balaban J connectivity index is 2.54. The fraction of sp³-hybridized carbons (Fsp3) is 0.462. The average molecular weight is 223 g/mol. The van der Waals surface area contributed by atoms with Crippen LogP contribution in [0.1, 0.15) is 36.5 Å². The molecular formula is C13H18FNO. The van der Waals surface area contributed by atoms with Crippen molar-refractivity contribution in [1.82, 2.24) is 5.32 Å². The number of benzene rings is 1. The van der Waals surface area contributed by atoms with Crippen LogP contribution < -0.4 is 5.32 Å². The Morgan fingerprint density at radius 1 is 1.31 bits per heavy atom. The lowest BCUT2D eigenvalue weighted by molar-refractivity contribution is 0.0931. The van der Waals surface area contributed by atoms with Gasteiger partial charge in [0.05, 0.1) is 6.67 Å². The summed E-state index contributed by atoms with van der Waals surface area (Å²) in [6.07, 6.45) is 2.16. The van der Waals surface area contributed by atoms with Crippen molar-refractivity contribution in [2.24, 2.45) is 0 Å². The van der Waals surface area contributed by atoms with Crippen LogP contribution in [0.3, 0.4) is 0 Å². The number of carbonyl (C=O) groups is 1. The zero-order chi connectivity index (χ0) is 11.8. The van der Waals surface area contributed by atoms with Crippen LogP contribution in [0.2, 0.25) is 0 Å². The molecular weight excluding hydrogens is 205 g/mol. The van der Waals surface area contributed by atoms with Gasteiger partial charge in [-0.05, 0) is 25.0 Å². The SMILES string of the molecule is CCCC(CCF)NC(=O)c1ccccc1. The molecule has 0 aliphatic heterocycles. The summed E-state index contributed by atoms with van der Waals surface area (Å²) >= 11 is 0. The number of rotatable bonds is 6. The van der Waals surface area contributed by atoms with Crippen LogP contribution >= 0.6 is 0 Å². The van der Waals surface area contributed by atoms with Crippen LogP contribution in [0, 0.1) is 0 Å². The highest BCUT2D eigenvalue weighted by atomic mass is 19.1. The first kappa shape index (κ1) is 12.7. The summed E-state index contributed by atoms with van der Waals surface area (Å²) in [6, 6.07) is 8.96. The number of hydrogen-bond acceptors (Lipinski definition) is 1. The number of amides is 1. The number of carbonyl (C=O) groups excluding carboxylic acids is 1. The number of hydrogen-bond donors (Lipinski definition) is 1. The summed E-state index contributed by atoms with van der Waals surface area (Å²) in [5.74, 6) is -0.118. The highest BCUT2D eigenvalue weighted by Crippen LogP contribution is 2.05. The molecule has 1 amide bonds. The van der Waals surface area contributed by atoms with Gasteiger partial charge in [0.2, 0.25) is 0 Å². The quantitative estimate of drug-likeness (QED) is 0.789. The number of nitrogens with one attached hydrogen (secondary N) is 1. The van der Waals surface area contributed by atoms with E-state index in [1.54, 1.807) is 12.1 Å². The van der Waals surface area contributed by atoms with Gasteiger partial charge in [-0.1, -0.05) is 31.5 Å². The second-order valence-electron chi connectivity index (χ2n) is 3.80. The number of alkyl halides is 1. The van der Waals surface area contributed by atoms with Crippen molar-refractivity contribution in [3.8, 4) is 0 Å². The molecule has 16 heavy (non-hydrogen) atoms. The molecule has 1 aromatic rings. The van der Waals surface area contributed by atoms with Gasteiger partial charge in [0.15, 0.2) is 0 Å². The third kappa shape index (κ3) is 4.01. The van der Waals surface area contributed by atoms with Crippen molar-refractivity contribution < 1.29 is 9.18 Å². The van der Waals surface area contributed by atoms with E-state index in [1.807, 2.05) is 25.1 Å². The molecule has 88 valence electrons. The lowest BCUT2D eigenvalue weighted by Gasteiger charge is -2.16. The van der Waals surface area contributed by atoms with Gasteiger partial charge in [-0.15, -0.1) is 0 Å². The molecule has 1 unspecified atom stereocenters. The third-order valence-electron chi connectivity index (χ3n) is 2.47. The van der Waals surface area contributed by atoms with Gasteiger partial charge in [-0.3, -0.25) is 9.18 Å². The minimum Gasteiger partial charge on any atom is -0.349 e. The van der Waals surface area contributed by atoms with Crippen molar-refractivity contribution >= 4 is 5.91 Å². The van der Waals surface area contributed by atoms with Crippen LogP contribution in [0.25, 0.3) is 0 Å². The van der Waals surface area contributed by atoms with E-state index < -0.39 is 0 Å². The summed E-state index contributed by atoms with van der Waals surface area (Å²) in [6.45, 7) is 1.64. The standard InChI is InChI=1S/C13H18FNO/c1-2-6-12(9-10-14)15-13(16)11-7-4-3-5-8-11/h3-5,7-8,12H,2,6,9-10H2,1H3,(H,15,16). The van der Waals surface area contributed by atoms with Gasteiger partial charge in [0.1, 0.15) is 0 Å². The van der Waals surface area contributed by atoms with Crippen LogP contribution in [0.15, 0.2) is 30.3 Å². The molecule has 0 spiro atoms. The van der Waals surface area contributed by atoms with E-state index in [1.165, 1.54) is 0 Å². The molecule has 0 fully saturated rings. The highest BCUT2D eigenvalue weighted by molar-refractivity contribution is 5.94. The molecule has 0 saturated heterocycles. The molecule has 2 nitrogen and oxygen atoms in total. The molecule has 3 heteroatoms. The lowest BCUT2D eigenvalue weighted by Crippen LogP contribution is -2.35. The van der Waals surface area contributed by atoms with E-state index in [0.29, 0.717) is 12.0 Å². The second kappa shape index (κ2) is 6.99. The summed E-state index contributed by atoms with van der Waals surface area (Å²) in [5, 5.41) is 2.86. The third-order valence-corrected chi connectivity index (χ3v) is 2.47. The first-order valence-corrected chi connectivity index (χ1v) is 5.69. The van der Waals surface area contributed by atoms with E-state index >= 15 is 0 Å². The molecule has 0 aliphatic rings.